The topological polar surface area (TPSA) is 66.8 Å². The third kappa shape index (κ3) is 4.55. The molecule has 1 aliphatic rings. The van der Waals surface area contributed by atoms with E-state index in [9.17, 15) is 9.59 Å². The van der Waals surface area contributed by atoms with Gasteiger partial charge >= 0.3 is 5.97 Å². The van der Waals surface area contributed by atoms with Crippen molar-refractivity contribution in [3.63, 3.8) is 0 Å². The molecule has 1 aliphatic carbocycles. The molecule has 5 heteroatoms. The van der Waals surface area contributed by atoms with Gasteiger partial charge in [0.25, 0.3) is 5.91 Å². The number of aliphatic hydroxyl groups excluding tert-OH is 1. The number of esters is 1. The van der Waals surface area contributed by atoms with Crippen LogP contribution in [0.5, 0.6) is 0 Å². The van der Waals surface area contributed by atoms with Crippen molar-refractivity contribution in [3.05, 3.63) is 35.4 Å². The van der Waals surface area contributed by atoms with Crippen LogP contribution in [0.1, 0.15) is 54.9 Å². The zero-order valence-corrected chi connectivity index (χ0v) is 13.8. The summed E-state index contributed by atoms with van der Waals surface area (Å²) in [5.74, 6) is -0.676. The highest BCUT2D eigenvalue weighted by Crippen LogP contribution is 2.22. The predicted molar refractivity (Wildman–Crippen MR) is 86.9 cm³/mol. The van der Waals surface area contributed by atoms with Gasteiger partial charge in [0.05, 0.1) is 12.2 Å². The van der Waals surface area contributed by atoms with Crippen LogP contribution in [-0.2, 0) is 16.1 Å². The Morgan fingerprint density at radius 1 is 1.22 bits per heavy atom. The van der Waals surface area contributed by atoms with Crippen LogP contribution in [0.4, 0.5) is 0 Å². The van der Waals surface area contributed by atoms with Gasteiger partial charge in [-0.2, -0.15) is 0 Å². The van der Waals surface area contributed by atoms with Crippen LogP contribution >= 0.6 is 0 Å². The molecule has 1 saturated carbocycles. The fourth-order valence-corrected chi connectivity index (χ4v) is 2.96. The quantitative estimate of drug-likeness (QED) is 0.847. The zero-order valence-electron chi connectivity index (χ0n) is 13.8. The molecule has 2 rings (SSSR count). The number of aliphatic hydroxyl groups is 1. The highest BCUT2D eigenvalue weighted by Gasteiger charge is 2.27. The molecule has 1 N–H and O–H groups in total. The van der Waals surface area contributed by atoms with Crippen molar-refractivity contribution in [2.75, 3.05) is 7.05 Å². The zero-order chi connectivity index (χ0) is 16.8. The largest absolute Gasteiger partial charge is 0.449 e. The Balaban J connectivity index is 1.92. The Labute approximate surface area is 137 Å². The van der Waals surface area contributed by atoms with E-state index < -0.39 is 12.1 Å². The monoisotopic (exact) mass is 319 g/mol. The number of nitrogens with zero attached hydrogens (tertiary/aromatic N) is 1. The minimum absolute atomic E-state index is 0.0730. The van der Waals surface area contributed by atoms with Gasteiger partial charge in [-0.25, -0.2) is 4.79 Å². The Morgan fingerprint density at radius 2 is 1.83 bits per heavy atom. The number of hydrogen-bond donors (Lipinski definition) is 1. The van der Waals surface area contributed by atoms with Crippen LogP contribution in [-0.4, -0.2) is 41.1 Å². The Kier molecular flexibility index (Phi) is 6.16. The summed E-state index contributed by atoms with van der Waals surface area (Å²) in [7, 11) is 1.79. The average molecular weight is 319 g/mol. The molecule has 0 spiro atoms. The molecule has 0 saturated heterocycles. The van der Waals surface area contributed by atoms with Crippen molar-refractivity contribution in [2.24, 2.45) is 0 Å². The van der Waals surface area contributed by atoms with Crippen LogP contribution in [0, 0.1) is 0 Å². The molecule has 23 heavy (non-hydrogen) atoms. The number of carbonyl (C=O) groups excluding carboxylic acids is 2. The Bertz CT molecular complexity index is 534. The van der Waals surface area contributed by atoms with E-state index in [-0.39, 0.29) is 18.6 Å². The molecule has 1 aromatic carbocycles. The maximum atomic E-state index is 12.4. The number of ether oxygens (including phenoxy) is 1. The standard InChI is InChI=1S/C18H25NO4/c1-13(17(21)19(2)16-6-4-3-5-7-16)23-18(22)15-10-8-14(12-20)9-11-15/h8-11,13,16,20H,3-7,12H2,1-2H3/t13-/m1/s1. The number of carbonyl (C=O) groups is 2. The second kappa shape index (κ2) is 8.11. The van der Waals surface area contributed by atoms with E-state index in [2.05, 4.69) is 0 Å². The molecule has 1 atom stereocenters. The summed E-state index contributed by atoms with van der Waals surface area (Å²) in [5, 5.41) is 9.00. The van der Waals surface area contributed by atoms with Gasteiger partial charge in [0, 0.05) is 13.1 Å². The summed E-state index contributed by atoms with van der Waals surface area (Å²) < 4.78 is 5.29. The molecule has 0 bridgehead atoms. The lowest BCUT2D eigenvalue weighted by atomic mass is 9.94. The van der Waals surface area contributed by atoms with Crippen LogP contribution < -0.4 is 0 Å². The minimum atomic E-state index is -0.799. The number of likely N-dealkylation sites (N-methyl/N-ethyl adjacent to an activating group) is 1. The van der Waals surface area contributed by atoms with E-state index >= 15 is 0 Å². The van der Waals surface area contributed by atoms with Gasteiger partial charge in [0.15, 0.2) is 6.10 Å². The molecule has 0 aliphatic heterocycles. The Morgan fingerprint density at radius 3 is 2.39 bits per heavy atom. The van der Waals surface area contributed by atoms with Gasteiger partial charge in [0.2, 0.25) is 0 Å². The minimum Gasteiger partial charge on any atom is -0.449 e. The maximum Gasteiger partial charge on any atom is 0.338 e. The van der Waals surface area contributed by atoms with E-state index in [1.165, 1.54) is 6.42 Å². The van der Waals surface area contributed by atoms with Gasteiger partial charge < -0.3 is 14.7 Å². The lowest BCUT2D eigenvalue weighted by Crippen LogP contribution is -2.44. The summed E-state index contributed by atoms with van der Waals surface area (Å²) in [6, 6.07) is 6.77. The summed E-state index contributed by atoms with van der Waals surface area (Å²) in [6.45, 7) is 1.54. The van der Waals surface area contributed by atoms with Crippen LogP contribution in [0.2, 0.25) is 0 Å². The van der Waals surface area contributed by atoms with E-state index in [0.717, 1.165) is 31.2 Å². The maximum absolute atomic E-state index is 12.4. The number of amides is 1. The normalized spacial score (nSPS) is 16.7. The molecular weight excluding hydrogens is 294 g/mol. The van der Waals surface area contributed by atoms with Crippen molar-refractivity contribution in [1.82, 2.24) is 4.90 Å². The van der Waals surface area contributed by atoms with E-state index in [0.29, 0.717) is 5.56 Å². The van der Waals surface area contributed by atoms with Gasteiger partial charge in [-0.05, 0) is 37.5 Å². The van der Waals surface area contributed by atoms with Crippen LogP contribution in [0.15, 0.2) is 24.3 Å². The Hall–Kier alpha value is -1.88. The van der Waals surface area contributed by atoms with Crippen LogP contribution in [0.25, 0.3) is 0 Å². The molecule has 1 aromatic rings. The summed E-state index contributed by atoms with van der Waals surface area (Å²) in [5.41, 5.74) is 1.10. The third-order valence-corrected chi connectivity index (χ3v) is 4.47. The summed E-state index contributed by atoms with van der Waals surface area (Å²) >= 11 is 0. The fraction of sp³-hybridized carbons (Fsp3) is 0.556. The lowest BCUT2D eigenvalue weighted by Gasteiger charge is -2.32. The molecule has 0 unspecified atom stereocenters. The number of hydrogen-bond acceptors (Lipinski definition) is 4. The van der Waals surface area contributed by atoms with E-state index in [4.69, 9.17) is 9.84 Å². The molecule has 1 amide bonds. The smallest absolute Gasteiger partial charge is 0.338 e. The summed E-state index contributed by atoms with van der Waals surface area (Å²) in [4.78, 5) is 26.3. The van der Waals surface area contributed by atoms with Gasteiger partial charge in [-0.3, -0.25) is 4.79 Å². The molecule has 0 radical (unpaired) electrons. The van der Waals surface area contributed by atoms with Gasteiger partial charge in [-0.1, -0.05) is 31.4 Å². The first-order chi connectivity index (χ1) is 11.0. The first kappa shape index (κ1) is 17.5. The molecular formula is C18H25NO4. The molecule has 0 heterocycles. The first-order valence-electron chi connectivity index (χ1n) is 8.20. The van der Waals surface area contributed by atoms with Gasteiger partial charge in [-0.15, -0.1) is 0 Å². The number of rotatable bonds is 5. The van der Waals surface area contributed by atoms with Crippen LogP contribution in [0.3, 0.4) is 0 Å². The number of benzene rings is 1. The second-order valence-electron chi connectivity index (χ2n) is 6.14. The third-order valence-electron chi connectivity index (χ3n) is 4.47. The van der Waals surface area contributed by atoms with Crippen molar-refractivity contribution in [3.8, 4) is 0 Å². The highest BCUT2D eigenvalue weighted by molar-refractivity contribution is 5.92. The summed E-state index contributed by atoms with van der Waals surface area (Å²) in [6.07, 6.45) is 4.76. The van der Waals surface area contributed by atoms with Crippen molar-refractivity contribution >= 4 is 11.9 Å². The fourth-order valence-electron chi connectivity index (χ4n) is 2.96. The van der Waals surface area contributed by atoms with E-state index in [1.54, 1.807) is 43.1 Å². The predicted octanol–water partition coefficient (Wildman–Crippen LogP) is 2.52. The first-order valence-corrected chi connectivity index (χ1v) is 8.20. The van der Waals surface area contributed by atoms with Crippen molar-refractivity contribution < 1.29 is 19.4 Å². The molecule has 0 aromatic heterocycles. The van der Waals surface area contributed by atoms with Crippen molar-refractivity contribution in [1.29, 1.82) is 0 Å². The second-order valence-corrected chi connectivity index (χ2v) is 6.14. The highest BCUT2D eigenvalue weighted by atomic mass is 16.5. The van der Waals surface area contributed by atoms with Crippen molar-refractivity contribution in [2.45, 2.75) is 57.8 Å². The molecule has 126 valence electrons. The SMILES string of the molecule is C[C@@H](OC(=O)c1ccc(CO)cc1)C(=O)N(C)C1CCCCC1. The molecule has 1 fully saturated rings. The van der Waals surface area contributed by atoms with Gasteiger partial charge in [0.1, 0.15) is 0 Å². The van der Waals surface area contributed by atoms with E-state index in [1.807, 2.05) is 0 Å². The lowest BCUT2D eigenvalue weighted by molar-refractivity contribution is -0.141. The molecule has 5 nitrogen and oxygen atoms in total. The average Bonchev–Trinajstić information content (AvgIpc) is 2.61.